The third-order valence-corrected chi connectivity index (χ3v) is 4.89. The maximum absolute atomic E-state index is 2.69. The Kier molecular flexibility index (Phi) is 4.71. The molecule has 0 bridgehead atoms. The lowest BCUT2D eigenvalue weighted by Crippen LogP contribution is -2.49. The monoisotopic (exact) mass is 252 g/mol. The maximum Gasteiger partial charge on any atom is 0.0113 e. The molecule has 0 atom stereocenters. The molecule has 0 aromatic heterocycles. The Morgan fingerprint density at radius 2 is 1.56 bits per heavy atom. The van der Waals surface area contributed by atoms with E-state index in [1.54, 1.807) is 0 Å². The van der Waals surface area contributed by atoms with Crippen LogP contribution < -0.4 is 0 Å². The molecule has 2 nitrogen and oxygen atoms in total. The van der Waals surface area contributed by atoms with Gasteiger partial charge in [-0.15, -0.1) is 0 Å². The van der Waals surface area contributed by atoms with Gasteiger partial charge < -0.3 is 4.90 Å². The fourth-order valence-corrected chi connectivity index (χ4v) is 3.50. The summed E-state index contributed by atoms with van der Waals surface area (Å²) in [5.74, 6) is 0.880. The van der Waals surface area contributed by atoms with Crippen molar-refractivity contribution in [2.24, 2.45) is 11.3 Å². The Hall–Kier alpha value is -0.0800. The molecule has 0 amide bonds. The van der Waals surface area contributed by atoms with Crippen LogP contribution in [0.5, 0.6) is 0 Å². The molecule has 2 aliphatic rings. The normalized spacial score (nSPS) is 25.0. The van der Waals surface area contributed by atoms with Crippen LogP contribution in [0.2, 0.25) is 0 Å². The number of hydrogen-bond acceptors (Lipinski definition) is 2. The predicted octanol–water partition coefficient (Wildman–Crippen LogP) is 3.23. The van der Waals surface area contributed by atoms with Crippen molar-refractivity contribution in [1.82, 2.24) is 9.80 Å². The first-order chi connectivity index (χ1) is 8.51. The average Bonchev–Trinajstić information content (AvgIpc) is 3.06. The highest BCUT2D eigenvalue weighted by molar-refractivity contribution is 4.94. The molecule has 1 aliphatic heterocycles. The topological polar surface area (TPSA) is 6.48 Å². The molecule has 2 heteroatoms. The summed E-state index contributed by atoms with van der Waals surface area (Å²) in [4.78, 5) is 5.30. The molecule has 1 aliphatic carbocycles. The highest BCUT2D eigenvalue weighted by Gasteiger charge is 2.42. The van der Waals surface area contributed by atoms with Gasteiger partial charge >= 0.3 is 0 Å². The van der Waals surface area contributed by atoms with Gasteiger partial charge in [0.25, 0.3) is 0 Å². The van der Waals surface area contributed by atoms with Gasteiger partial charge in [-0.3, -0.25) is 4.90 Å². The van der Waals surface area contributed by atoms with Gasteiger partial charge in [-0.05, 0) is 57.4 Å². The molecule has 0 unspecified atom stereocenters. The van der Waals surface area contributed by atoms with E-state index in [1.807, 2.05) is 0 Å². The second-order valence-corrected chi connectivity index (χ2v) is 7.32. The van der Waals surface area contributed by atoms with Crippen LogP contribution in [0.3, 0.4) is 0 Å². The van der Waals surface area contributed by atoms with Crippen LogP contribution >= 0.6 is 0 Å². The van der Waals surface area contributed by atoms with Crippen molar-refractivity contribution in [2.45, 2.75) is 59.4 Å². The molecule has 1 saturated carbocycles. The first-order valence-electron chi connectivity index (χ1n) is 7.97. The van der Waals surface area contributed by atoms with E-state index in [2.05, 4.69) is 37.5 Å². The fourth-order valence-electron chi connectivity index (χ4n) is 3.50. The van der Waals surface area contributed by atoms with Gasteiger partial charge in [-0.25, -0.2) is 0 Å². The minimum absolute atomic E-state index is 0.725. The van der Waals surface area contributed by atoms with E-state index in [0.717, 1.165) is 17.4 Å². The molecule has 0 spiro atoms. The van der Waals surface area contributed by atoms with E-state index in [9.17, 15) is 0 Å². The first kappa shape index (κ1) is 14.3. The quantitative estimate of drug-likeness (QED) is 0.716. The Morgan fingerprint density at radius 3 is 2.00 bits per heavy atom. The van der Waals surface area contributed by atoms with Crippen molar-refractivity contribution in [2.75, 3.05) is 32.7 Å². The molecule has 2 rings (SSSR count). The number of hydrogen-bond donors (Lipinski definition) is 0. The Bertz CT molecular complexity index is 248. The first-order valence-corrected chi connectivity index (χ1v) is 7.97. The highest BCUT2D eigenvalue weighted by Crippen LogP contribution is 2.53. The van der Waals surface area contributed by atoms with Gasteiger partial charge in [0.1, 0.15) is 0 Å². The summed E-state index contributed by atoms with van der Waals surface area (Å²) in [7, 11) is 0. The molecular formula is C16H32N2. The molecular weight excluding hydrogens is 220 g/mol. The number of rotatable bonds is 6. The Labute approximate surface area is 114 Å². The minimum Gasteiger partial charge on any atom is -0.301 e. The summed E-state index contributed by atoms with van der Waals surface area (Å²) in [5, 5.41) is 0. The van der Waals surface area contributed by atoms with Crippen molar-refractivity contribution in [1.29, 1.82) is 0 Å². The predicted molar refractivity (Wildman–Crippen MR) is 78.9 cm³/mol. The highest BCUT2D eigenvalue weighted by atomic mass is 15.3. The average molecular weight is 252 g/mol. The Morgan fingerprint density at radius 1 is 0.944 bits per heavy atom. The molecule has 106 valence electrons. The van der Waals surface area contributed by atoms with Crippen molar-refractivity contribution < 1.29 is 0 Å². The van der Waals surface area contributed by atoms with E-state index >= 15 is 0 Å². The molecule has 1 heterocycles. The third-order valence-electron chi connectivity index (χ3n) is 4.89. The lowest BCUT2D eigenvalue weighted by Gasteiger charge is -2.37. The van der Waals surface area contributed by atoms with E-state index in [1.165, 1.54) is 58.4 Å². The summed E-state index contributed by atoms with van der Waals surface area (Å²) in [6.07, 6.45) is 5.90. The van der Waals surface area contributed by atoms with E-state index < -0.39 is 0 Å². The molecule has 0 aromatic carbocycles. The fraction of sp³-hybridized carbons (Fsp3) is 1.00. The summed E-state index contributed by atoms with van der Waals surface area (Å²) >= 11 is 0. The molecule has 1 saturated heterocycles. The standard InChI is InChI=1S/C16H32N2/c1-14(2)13-16(5-6-16)7-8-17-9-11-18(12-10-17)15(3)4/h14-15H,5-13H2,1-4H3. The summed E-state index contributed by atoms with van der Waals surface area (Å²) in [6, 6.07) is 0.725. The van der Waals surface area contributed by atoms with Crippen molar-refractivity contribution in [3.05, 3.63) is 0 Å². The number of nitrogens with zero attached hydrogens (tertiary/aromatic N) is 2. The second kappa shape index (κ2) is 5.92. The SMILES string of the molecule is CC(C)CC1(CCN2CCN(C(C)C)CC2)CC1. The van der Waals surface area contributed by atoms with E-state index in [-0.39, 0.29) is 0 Å². The van der Waals surface area contributed by atoms with Gasteiger partial charge in [0.05, 0.1) is 0 Å². The molecule has 2 fully saturated rings. The minimum atomic E-state index is 0.725. The van der Waals surface area contributed by atoms with Gasteiger partial charge in [0.15, 0.2) is 0 Å². The van der Waals surface area contributed by atoms with Gasteiger partial charge in [0, 0.05) is 32.2 Å². The van der Waals surface area contributed by atoms with Gasteiger partial charge in [0.2, 0.25) is 0 Å². The van der Waals surface area contributed by atoms with Crippen LogP contribution in [0.25, 0.3) is 0 Å². The summed E-state index contributed by atoms with van der Waals surface area (Å²) < 4.78 is 0. The zero-order valence-electron chi connectivity index (χ0n) is 12.9. The largest absolute Gasteiger partial charge is 0.301 e. The number of piperazine rings is 1. The van der Waals surface area contributed by atoms with Crippen molar-refractivity contribution >= 4 is 0 Å². The third kappa shape index (κ3) is 3.96. The van der Waals surface area contributed by atoms with Crippen LogP contribution in [0, 0.1) is 11.3 Å². The Balaban J connectivity index is 1.66. The van der Waals surface area contributed by atoms with Crippen LogP contribution in [-0.4, -0.2) is 48.6 Å². The van der Waals surface area contributed by atoms with Gasteiger partial charge in [-0.1, -0.05) is 13.8 Å². The van der Waals surface area contributed by atoms with Crippen LogP contribution in [0.1, 0.15) is 53.4 Å². The summed E-state index contributed by atoms with van der Waals surface area (Å²) in [6.45, 7) is 15.9. The van der Waals surface area contributed by atoms with E-state index in [0.29, 0.717) is 0 Å². The van der Waals surface area contributed by atoms with Crippen LogP contribution in [-0.2, 0) is 0 Å². The smallest absolute Gasteiger partial charge is 0.0113 e. The molecule has 0 radical (unpaired) electrons. The van der Waals surface area contributed by atoms with Crippen molar-refractivity contribution in [3.63, 3.8) is 0 Å². The van der Waals surface area contributed by atoms with E-state index in [4.69, 9.17) is 0 Å². The zero-order valence-corrected chi connectivity index (χ0v) is 12.9. The molecule has 0 N–H and O–H groups in total. The zero-order chi connectivity index (χ0) is 13.2. The molecule has 18 heavy (non-hydrogen) atoms. The van der Waals surface area contributed by atoms with Crippen molar-refractivity contribution in [3.8, 4) is 0 Å². The second-order valence-electron chi connectivity index (χ2n) is 7.32. The molecule has 0 aromatic rings. The van der Waals surface area contributed by atoms with Crippen LogP contribution in [0.4, 0.5) is 0 Å². The lowest BCUT2D eigenvalue weighted by molar-refractivity contribution is 0.102. The van der Waals surface area contributed by atoms with Crippen LogP contribution in [0.15, 0.2) is 0 Å². The van der Waals surface area contributed by atoms with Gasteiger partial charge in [-0.2, -0.15) is 0 Å². The lowest BCUT2D eigenvalue weighted by atomic mass is 9.91. The maximum atomic E-state index is 2.69. The summed E-state index contributed by atoms with van der Waals surface area (Å²) in [5.41, 5.74) is 0.753.